The van der Waals surface area contributed by atoms with Crippen LogP contribution in [0.3, 0.4) is 0 Å². The molecule has 1 aliphatic carbocycles. The Kier molecular flexibility index (Phi) is 4.28. The minimum atomic E-state index is 0.0987. The minimum absolute atomic E-state index is 0.0987. The van der Waals surface area contributed by atoms with Crippen LogP contribution < -0.4 is 0 Å². The maximum atomic E-state index is 13.1. The molecule has 0 unspecified atom stereocenters. The number of hydrogen-bond donors (Lipinski definition) is 0. The average molecular weight is 344 g/mol. The van der Waals surface area contributed by atoms with Crippen molar-refractivity contribution in [2.24, 2.45) is 5.92 Å². The Labute approximate surface area is 144 Å². The highest BCUT2D eigenvalue weighted by molar-refractivity contribution is 7.17. The molecule has 0 radical (unpaired) electrons. The quantitative estimate of drug-likeness (QED) is 0.834. The summed E-state index contributed by atoms with van der Waals surface area (Å²) in [5.74, 6) is 1.13. The van der Waals surface area contributed by atoms with Crippen molar-refractivity contribution in [3.63, 3.8) is 0 Å². The smallest absolute Gasteiger partial charge is 0.266 e. The fourth-order valence-electron chi connectivity index (χ4n) is 3.02. The van der Waals surface area contributed by atoms with Gasteiger partial charge in [-0.2, -0.15) is 0 Å². The lowest BCUT2D eigenvalue weighted by molar-refractivity contribution is 0.0710. The van der Waals surface area contributed by atoms with Gasteiger partial charge in [-0.3, -0.25) is 4.79 Å². The Balaban J connectivity index is 1.57. The highest BCUT2D eigenvalue weighted by atomic mass is 32.1. The summed E-state index contributed by atoms with van der Waals surface area (Å²) in [4.78, 5) is 28.8. The van der Waals surface area contributed by atoms with Crippen LogP contribution in [0.25, 0.3) is 10.8 Å². The zero-order valence-corrected chi connectivity index (χ0v) is 14.5. The van der Waals surface area contributed by atoms with Crippen molar-refractivity contribution >= 4 is 17.2 Å². The number of nitrogens with zero attached hydrogens (tertiary/aromatic N) is 4. The molecule has 7 heteroatoms. The molecule has 2 fully saturated rings. The molecule has 6 nitrogen and oxygen atoms in total. The number of ether oxygens (including phenoxy) is 1. The van der Waals surface area contributed by atoms with Crippen molar-refractivity contribution < 1.29 is 9.53 Å². The summed E-state index contributed by atoms with van der Waals surface area (Å²) in [5.41, 5.74) is 0.765. The van der Waals surface area contributed by atoms with Gasteiger partial charge < -0.3 is 9.64 Å². The van der Waals surface area contributed by atoms with Crippen molar-refractivity contribution in [2.75, 3.05) is 19.8 Å². The highest BCUT2D eigenvalue weighted by Crippen LogP contribution is 2.33. The molecule has 1 saturated carbocycles. The van der Waals surface area contributed by atoms with Crippen LogP contribution in [-0.2, 0) is 4.74 Å². The first kappa shape index (κ1) is 15.7. The first-order valence-corrected chi connectivity index (χ1v) is 9.17. The van der Waals surface area contributed by atoms with E-state index < -0.39 is 0 Å². The number of aryl methyl sites for hydroxylation is 1. The van der Waals surface area contributed by atoms with Crippen LogP contribution in [0.1, 0.15) is 34.6 Å². The first-order chi connectivity index (χ1) is 11.7. The monoisotopic (exact) mass is 344 g/mol. The first-order valence-electron chi connectivity index (χ1n) is 8.36. The van der Waals surface area contributed by atoms with Gasteiger partial charge in [0.2, 0.25) is 0 Å². The normalized spacial score (nSPS) is 20.3. The fraction of sp³-hybridized carbons (Fsp3) is 0.529. The van der Waals surface area contributed by atoms with E-state index in [0.29, 0.717) is 27.7 Å². The second-order valence-electron chi connectivity index (χ2n) is 6.42. The topological polar surface area (TPSA) is 68.2 Å². The van der Waals surface area contributed by atoms with E-state index in [-0.39, 0.29) is 5.91 Å². The fourth-order valence-corrected chi connectivity index (χ4v) is 3.99. The summed E-state index contributed by atoms with van der Waals surface area (Å²) in [6.45, 7) is 4.26. The summed E-state index contributed by atoms with van der Waals surface area (Å²) in [6.07, 6.45) is 6.63. The van der Waals surface area contributed by atoms with Crippen LogP contribution in [0, 0.1) is 12.8 Å². The Morgan fingerprint density at radius 2 is 2.12 bits per heavy atom. The molecule has 1 saturated heterocycles. The summed E-state index contributed by atoms with van der Waals surface area (Å²) in [5, 5.41) is 0.705. The van der Waals surface area contributed by atoms with Gasteiger partial charge in [0.25, 0.3) is 5.91 Å². The Morgan fingerprint density at radius 3 is 2.79 bits per heavy atom. The lowest BCUT2D eigenvalue weighted by atomic mass is 10.1. The van der Waals surface area contributed by atoms with Gasteiger partial charge in [-0.1, -0.05) is 0 Å². The number of hydrogen-bond acceptors (Lipinski definition) is 6. The van der Waals surface area contributed by atoms with Crippen LogP contribution >= 0.6 is 11.3 Å². The van der Waals surface area contributed by atoms with Gasteiger partial charge in [-0.25, -0.2) is 15.0 Å². The van der Waals surface area contributed by atoms with Gasteiger partial charge >= 0.3 is 0 Å². The second kappa shape index (κ2) is 6.57. The standard InChI is InChI=1S/C17H20N4O2S/c1-11-14(24-16(20-11)15-18-6-2-7-19-15)17(22)21(13-3-4-13)9-12-5-8-23-10-12/h2,6-7,12-13H,3-5,8-10H2,1H3/t12-/m1/s1. The third-order valence-corrected chi connectivity index (χ3v) is 5.62. The van der Waals surface area contributed by atoms with E-state index in [9.17, 15) is 4.79 Å². The Morgan fingerprint density at radius 1 is 1.33 bits per heavy atom. The van der Waals surface area contributed by atoms with E-state index >= 15 is 0 Å². The van der Waals surface area contributed by atoms with E-state index in [4.69, 9.17) is 4.74 Å². The van der Waals surface area contributed by atoms with Gasteiger partial charge in [0, 0.05) is 37.5 Å². The molecular weight excluding hydrogens is 324 g/mol. The number of amides is 1. The van der Waals surface area contributed by atoms with Crippen molar-refractivity contribution in [3.05, 3.63) is 29.0 Å². The SMILES string of the molecule is Cc1nc(-c2ncccn2)sc1C(=O)N(C[C@H]1CCOC1)C1CC1. The van der Waals surface area contributed by atoms with Gasteiger partial charge in [-0.05, 0) is 32.3 Å². The Hall–Kier alpha value is -1.86. The molecule has 0 aromatic carbocycles. The molecule has 1 aliphatic heterocycles. The predicted molar refractivity (Wildman–Crippen MR) is 90.9 cm³/mol. The van der Waals surface area contributed by atoms with Crippen LogP contribution in [0.5, 0.6) is 0 Å². The molecule has 0 bridgehead atoms. The summed E-state index contributed by atoms with van der Waals surface area (Å²) in [7, 11) is 0. The van der Waals surface area contributed by atoms with Crippen molar-refractivity contribution in [1.29, 1.82) is 0 Å². The molecule has 1 atom stereocenters. The van der Waals surface area contributed by atoms with E-state index in [2.05, 4.69) is 15.0 Å². The lowest BCUT2D eigenvalue weighted by Gasteiger charge is -2.24. The zero-order valence-electron chi connectivity index (χ0n) is 13.6. The molecule has 1 amide bonds. The van der Waals surface area contributed by atoms with Gasteiger partial charge in [0.05, 0.1) is 12.3 Å². The number of thiazole rings is 1. The summed E-state index contributed by atoms with van der Waals surface area (Å²) < 4.78 is 5.47. The number of carbonyl (C=O) groups is 1. The van der Waals surface area contributed by atoms with Crippen LogP contribution in [0.4, 0.5) is 0 Å². The lowest BCUT2D eigenvalue weighted by Crippen LogP contribution is -2.37. The molecule has 2 aromatic rings. The number of aromatic nitrogens is 3. The number of carbonyl (C=O) groups excluding carboxylic acids is 1. The Bertz CT molecular complexity index is 723. The van der Waals surface area contributed by atoms with E-state index in [0.717, 1.165) is 44.7 Å². The minimum Gasteiger partial charge on any atom is -0.381 e. The molecule has 24 heavy (non-hydrogen) atoms. The van der Waals surface area contributed by atoms with Gasteiger partial charge in [0.1, 0.15) is 4.88 Å². The predicted octanol–water partition coefficient (Wildman–Crippen LogP) is 2.55. The van der Waals surface area contributed by atoms with E-state index in [1.165, 1.54) is 11.3 Å². The molecule has 0 spiro atoms. The third-order valence-electron chi connectivity index (χ3n) is 4.48. The molecule has 2 aromatic heterocycles. The van der Waals surface area contributed by atoms with Gasteiger partial charge in [-0.15, -0.1) is 11.3 Å². The van der Waals surface area contributed by atoms with E-state index in [1.54, 1.807) is 18.5 Å². The van der Waals surface area contributed by atoms with Gasteiger partial charge in [0.15, 0.2) is 10.8 Å². The van der Waals surface area contributed by atoms with Crippen LogP contribution in [0.15, 0.2) is 18.5 Å². The molecule has 4 rings (SSSR count). The molecule has 0 N–H and O–H groups in total. The number of rotatable bonds is 5. The molecule has 2 aliphatic rings. The van der Waals surface area contributed by atoms with Crippen LogP contribution in [-0.4, -0.2) is 51.6 Å². The summed E-state index contributed by atoms with van der Waals surface area (Å²) >= 11 is 1.39. The highest BCUT2D eigenvalue weighted by Gasteiger charge is 2.36. The second-order valence-corrected chi connectivity index (χ2v) is 7.42. The maximum Gasteiger partial charge on any atom is 0.266 e. The molecule has 126 valence electrons. The van der Waals surface area contributed by atoms with Crippen molar-refractivity contribution in [1.82, 2.24) is 19.9 Å². The third kappa shape index (κ3) is 3.18. The summed E-state index contributed by atoms with van der Waals surface area (Å²) in [6, 6.07) is 2.16. The van der Waals surface area contributed by atoms with Crippen molar-refractivity contribution in [3.8, 4) is 10.8 Å². The largest absolute Gasteiger partial charge is 0.381 e. The van der Waals surface area contributed by atoms with Crippen LogP contribution in [0.2, 0.25) is 0 Å². The average Bonchev–Trinajstić information content (AvgIpc) is 3.17. The zero-order chi connectivity index (χ0) is 16.5. The molecular formula is C17H20N4O2S. The van der Waals surface area contributed by atoms with E-state index in [1.807, 2.05) is 11.8 Å². The maximum absolute atomic E-state index is 13.1. The van der Waals surface area contributed by atoms with Crippen molar-refractivity contribution in [2.45, 2.75) is 32.2 Å². The molecule has 3 heterocycles.